The van der Waals surface area contributed by atoms with E-state index in [-0.39, 0.29) is 29.9 Å². The quantitative estimate of drug-likeness (QED) is 0.264. The third kappa shape index (κ3) is 5.99. The van der Waals surface area contributed by atoms with Gasteiger partial charge >= 0.3 is 0 Å². The molecule has 2 heterocycles. The number of carbonyl (C=O) groups excluding carboxylic acids is 1. The van der Waals surface area contributed by atoms with E-state index in [0.29, 0.717) is 11.6 Å². The van der Waals surface area contributed by atoms with Crippen LogP contribution in [0.3, 0.4) is 0 Å². The van der Waals surface area contributed by atoms with E-state index < -0.39 is 0 Å². The molecule has 1 aromatic heterocycles. The number of fused-ring (bicyclic) bond motifs is 1. The van der Waals surface area contributed by atoms with Crippen molar-refractivity contribution in [2.24, 2.45) is 0 Å². The summed E-state index contributed by atoms with van der Waals surface area (Å²) < 4.78 is 8.65. The first-order chi connectivity index (χ1) is 17.0. The van der Waals surface area contributed by atoms with Crippen molar-refractivity contribution >= 4 is 22.5 Å². The van der Waals surface area contributed by atoms with E-state index in [4.69, 9.17) is 4.74 Å². The first-order valence-electron chi connectivity index (χ1n) is 12.4. The number of halogens is 1. The number of hydrogen-bond donors (Lipinski definition) is 1. The molecule has 1 N–H and O–H groups in total. The zero-order valence-corrected chi connectivity index (χ0v) is 23.1. The van der Waals surface area contributed by atoms with E-state index >= 15 is 0 Å². The monoisotopic (exact) mass is 595 g/mol. The fourth-order valence-corrected chi connectivity index (χ4v) is 5.21. The van der Waals surface area contributed by atoms with Crippen LogP contribution < -0.4 is 29.3 Å². The molecule has 188 valence electrons. The molecule has 4 aromatic rings. The van der Waals surface area contributed by atoms with Gasteiger partial charge in [0.1, 0.15) is 6.54 Å². The summed E-state index contributed by atoms with van der Waals surface area (Å²) in [5.74, 6) is -0.0842. The molecule has 0 bridgehead atoms. The SMILES string of the molecule is C[N+](C)(Cc1ccc(NC(=O)c2cn(Cc3ccccc3)c3ccccc23)cc1)C1CCOCC1.[I-]. The molecule has 1 aliphatic rings. The van der Waals surface area contributed by atoms with E-state index in [2.05, 4.69) is 54.3 Å². The largest absolute Gasteiger partial charge is 1.00 e. The smallest absolute Gasteiger partial charge is 0.257 e. The molecule has 1 amide bonds. The number of para-hydroxylation sites is 1. The maximum absolute atomic E-state index is 13.3. The minimum atomic E-state index is -0.0842. The van der Waals surface area contributed by atoms with Crippen molar-refractivity contribution in [3.05, 3.63) is 102 Å². The molecule has 0 saturated carbocycles. The van der Waals surface area contributed by atoms with Crippen LogP contribution in [0.15, 0.2) is 85.1 Å². The number of carbonyl (C=O) groups is 1. The van der Waals surface area contributed by atoms with Crippen molar-refractivity contribution in [2.45, 2.75) is 32.0 Å². The Morgan fingerprint density at radius 3 is 2.31 bits per heavy atom. The van der Waals surface area contributed by atoms with Gasteiger partial charge in [0.2, 0.25) is 0 Å². The number of amides is 1. The van der Waals surface area contributed by atoms with Crippen LogP contribution in [0.2, 0.25) is 0 Å². The normalized spacial score (nSPS) is 14.4. The Bertz CT molecular complexity index is 1290. The van der Waals surface area contributed by atoms with Crippen LogP contribution in [0.5, 0.6) is 0 Å². The number of ether oxygens (including phenoxy) is 1. The van der Waals surface area contributed by atoms with Crippen molar-refractivity contribution in [1.29, 1.82) is 0 Å². The first-order valence-corrected chi connectivity index (χ1v) is 12.4. The summed E-state index contributed by atoms with van der Waals surface area (Å²) in [4.78, 5) is 13.3. The van der Waals surface area contributed by atoms with Crippen LogP contribution in [0.4, 0.5) is 5.69 Å². The van der Waals surface area contributed by atoms with Crippen LogP contribution in [0.25, 0.3) is 10.9 Å². The van der Waals surface area contributed by atoms with Gasteiger partial charge in [-0.15, -0.1) is 0 Å². The molecule has 0 radical (unpaired) electrons. The Kier molecular flexibility index (Phi) is 8.49. The van der Waals surface area contributed by atoms with Crippen LogP contribution in [0, 0.1) is 0 Å². The third-order valence-corrected chi connectivity index (χ3v) is 7.21. The fraction of sp³-hybridized carbons (Fsp3) is 0.300. The van der Waals surface area contributed by atoms with Crippen molar-refractivity contribution in [2.75, 3.05) is 32.6 Å². The lowest BCUT2D eigenvalue weighted by molar-refractivity contribution is -0.929. The van der Waals surface area contributed by atoms with Gasteiger partial charge in [-0.25, -0.2) is 0 Å². The van der Waals surface area contributed by atoms with Gasteiger partial charge in [0, 0.05) is 47.7 Å². The fourth-order valence-electron chi connectivity index (χ4n) is 5.21. The molecule has 5 nitrogen and oxygen atoms in total. The van der Waals surface area contributed by atoms with Crippen molar-refractivity contribution < 1.29 is 38.0 Å². The van der Waals surface area contributed by atoms with Crippen molar-refractivity contribution in [3.8, 4) is 0 Å². The lowest BCUT2D eigenvalue weighted by atomic mass is 10.0. The zero-order valence-electron chi connectivity index (χ0n) is 21.0. The molecule has 3 aromatic carbocycles. The third-order valence-electron chi connectivity index (χ3n) is 7.21. The number of aromatic nitrogens is 1. The molecule has 5 rings (SSSR count). The number of rotatable bonds is 7. The second kappa shape index (κ2) is 11.6. The average Bonchev–Trinajstić information content (AvgIpc) is 3.25. The number of hydrogen-bond acceptors (Lipinski definition) is 2. The van der Waals surface area contributed by atoms with E-state index in [1.807, 2.05) is 54.7 Å². The summed E-state index contributed by atoms with van der Waals surface area (Å²) in [5.41, 5.74) is 5.05. The van der Waals surface area contributed by atoms with Crippen LogP contribution >= 0.6 is 0 Å². The molecule has 36 heavy (non-hydrogen) atoms. The van der Waals surface area contributed by atoms with Gasteiger partial charge in [-0.2, -0.15) is 0 Å². The minimum Gasteiger partial charge on any atom is -1.00 e. The number of nitrogens with zero attached hydrogens (tertiary/aromatic N) is 2. The first kappa shape index (κ1) is 26.4. The summed E-state index contributed by atoms with van der Waals surface area (Å²) >= 11 is 0. The second-order valence-electron chi connectivity index (χ2n) is 10.1. The molecule has 6 heteroatoms. The summed E-state index contributed by atoms with van der Waals surface area (Å²) in [7, 11) is 4.60. The van der Waals surface area contributed by atoms with Crippen molar-refractivity contribution in [1.82, 2.24) is 4.57 Å². The molecule has 1 aliphatic heterocycles. The predicted octanol–water partition coefficient (Wildman–Crippen LogP) is 2.70. The highest BCUT2D eigenvalue weighted by molar-refractivity contribution is 6.13. The summed E-state index contributed by atoms with van der Waals surface area (Å²) in [6, 6.07) is 27.3. The molecule has 0 unspecified atom stereocenters. The van der Waals surface area contributed by atoms with E-state index in [9.17, 15) is 4.79 Å². The van der Waals surface area contributed by atoms with E-state index in [0.717, 1.165) is 60.2 Å². The Labute approximate surface area is 230 Å². The highest BCUT2D eigenvalue weighted by atomic mass is 127. The van der Waals surface area contributed by atoms with Crippen LogP contribution in [-0.4, -0.2) is 48.3 Å². The highest BCUT2D eigenvalue weighted by Crippen LogP contribution is 2.25. The zero-order chi connectivity index (χ0) is 24.3. The molecule has 1 fully saturated rings. The van der Waals surface area contributed by atoms with Gasteiger partial charge in [0.05, 0.1) is 38.9 Å². The van der Waals surface area contributed by atoms with Gasteiger partial charge in [-0.1, -0.05) is 60.7 Å². The van der Waals surface area contributed by atoms with Crippen molar-refractivity contribution in [3.63, 3.8) is 0 Å². The van der Waals surface area contributed by atoms with Gasteiger partial charge in [-0.3, -0.25) is 4.79 Å². The van der Waals surface area contributed by atoms with Gasteiger partial charge < -0.3 is 43.1 Å². The van der Waals surface area contributed by atoms with Gasteiger partial charge in [0.25, 0.3) is 5.91 Å². The number of quaternary nitrogens is 1. The molecular weight excluding hydrogens is 561 g/mol. The number of nitrogens with one attached hydrogen (secondary N) is 1. The van der Waals surface area contributed by atoms with E-state index in [1.165, 1.54) is 11.1 Å². The molecular formula is C30H34IN3O2. The van der Waals surface area contributed by atoms with Gasteiger partial charge in [0.15, 0.2) is 0 Å². The summed E-state index contributed by atoms with van der Waals surface area (Å²) in [6.07, 6.45) is 4.19. The number of anilines is 1. The highest BCUT2D eigenvalue weighted by Gasteiger charge is 2.30. The Balaban J connectivity index is 0.00000304. The number of benzene rings is 3. The Hall–Kier alpha value is -2.68. The lowest BCUT2D eigenvalue weighted by Crippen LogP contribution is -3.00. The minimum absolute atomic E-state index is 0. The predicted molar refractivity (Wildman–Crippen MR) is 142 cm³/mol. The maximum atomic E-state index is 13.3. The Morgan fingerprint density at radius 1 is 0.917 bits per heavy atom. The molecule has 0 atom stereocenters. The maximum Gasteiger partial charge on any atom is 0.257 e. The second-order valence-corrected chi connectivity index (χ2v) is 10.1. The average molecular weight is 596 g/mol. The van der Waals surface area contributed by atoms with Crippen LogP contribution in [0.1, 0.15) is 34.3 Å². The molecule has 0 spiro atoms. The van der Waals surface area contributed by atoms with E-state index in [1.54, 1.807) is 0 Å². The van der Waals surface area contributed by atoms with Crippen LogP contribution in [-0.2, 0) is 17.8 Å². The van der Waals surface area contributed by atoms with Gasteiger partial charge in [-0.05, 0) is 23.8 Å². The topological polar surface area (TPSA) is 43.3 Å². The summed E-state index contributed by atoms with van der Waals surface area (Å²) in [6.45, 7) is 3.41. The Morgan fingerprint density at radius 2 is 1.58 bits per heavy atom. The standard InChI is InChI=1S/C30H33N3O2.HI/c1-33(2,26-16-18-35-19-17-26)22-24-12-14-25(15-13-24)31-30(34)28-21-32(20-23-8-4-3-5-9-23)29-11-7-6-10-27(28)29;/h3-15,21,26H,16-20,22H2,1-2H3;1H. The lowest BCUT2D eigenvalue weighted by Gasteiger charge is -2.40. The summed E-state index contributed by atoms with van der Waals surface area (Å²) in [5, 5.41) is 4.07. The molecule has 1 saturated heterocycles. The molecule has 0 aliphatic carbocycles.